The molecule has 2 amide bonds. The summed E-state index contributed by atoms with van der Waals surface area (Å²) in [7, 11) is 1.55. The van der Waals surface area contributed by atoms with Gasteiger partial charge in [-0.25, -0.2) is 4.79 Å². The summed E-state index contributed by atoms with van der Waals surface area (Å²) in [6.07, 6.45) is 0. The summed E-state index contributed by atoms with van der Waals surface area (Å²) in [6.45, 7) is 1.60. The summed E-state index contributed by atoms with van der Waals surface area (Å²) < 4.78 is 5.01. The Balaban J connectivity index is 2.59. The highest BCUT2D eigenvalue weighted by atomic mass is 16.5. The molecule has 5 nitrogen and oxygen atoms in total. The molecule has 1 aromatic rings. The maximum Gasteiger partial charge on any atom is 0.320 e. The first kappa shape index (κ1) is 11.9. The Kier molecular flexibility index (Phi) is 4.16. The van der Waals surface area contributed by atoms with Gasteiger partial charge in [0.25, 0.3) is 0 Å². The van der Waals surface area contributed by atoms with Gasteiger partial charge in [0.15, 0.2) is 0 Å². The predicted molar refractivity (Wildman–Crippen MR) is 60.2 cm³/mol. The average molecular weight is 219 g/mol. The maximum absolute atomic E-state index is 11.4. The highest BCUT2D eigenvalue weighted by molar-refractivity contribution is 5.89. The van der Waals surface area contributed by atoms with Gasteiger partial charge in [0.05, 0.1) is 13.2 Å². The molecule has 0 bridgehead atoms. The molecule has 1 atom stereocenters. The van der Waals surface area contributed by atoms with E-state index in [1.807, 2.05) is 6.07 Å². The van der Waals surface area contributed by atoms with Crippen molar-refractivity contribution in [2.24, 2.45) is 0 Å². The van der Waals surface area contributed by atoms with Crippen LogP contribution < -0.4 is 15.4 Å². The number of carbonyl (C=O) groups excluding carboxylic acids is 1. The zero-order valence-electron chi connectivity index (χ0n) is 9.15. The van der Waals surface area contributed by atoms with Crippen molar-refractivity contribution in [3.63, 3.8) is 0 Å². The number of hydrogen-bond acceptors (Lipinski definition) is 3. The molecule has 0 fully saturated rings. The second-order valence-electron chi connectivity index (χ2n) is 3.18. The molecule has 2 N–H and O–H groups in total. The van der Waals surface area contributed by atoms with Gasteiger partial charge in [-0.2, -0.15) is 5.26 Å². The van der Waals surface area contributed by atoms with Crippen LogP contribution in [-0.2, 0) is 0 Å². The van der Waals surface area contributed by atoms with Gasteiger partial charge in [-0.15, -0.1) is 0 Å². The second kappa shape index (κ2) is 5.61. The number of nitriles is 1. The van der Waals surface area contributed by atoms with E-state index >= 15 is 0 Å². The highest BCUT2D eigenvalue weighted by Gasteiger charge is 2.05. The number of anilines is 1. The summed E-state index contributed by atoms with van der Waals surface area (Å²) in [5.41, 5.74) is 0.613. The van der Waals surface area contributed by atoms with Gasteiger partial charge in [0.1, 0.15) is 11.8 Å². The average Bonchev–Trinajstić information content (AvgIpc) is 2.28. The lowest BCUT2D eigenvalue weighted by molar-refractivity contribution is 0.251. The Morgan fingerprint density at radius 2 is 2.31 bits per heavy atom. The molecule has 1 rings (SSSR count). The molecule has 0 saturated carbocycles. The van der Waals surface area contributed by atoms with Crippen molar-refractivity contribution in [2.45, 2.75) is 13.0 Å². The molecule has 16 heavy (non-hydrogen) atoms. The van der Waals surface area contributed by atoms with Gasteiger partial charge in [-0.3, -0.25) is 0 Å². The van der Waals surface area contributed by atoms with Crippen LogP contribution in [0.2, 0.25) is 0 Å². The lowest BCUT2D eigenvalue weighted by atomic mass is 10.3. The molecule has 1 unspecified atom stereocenters. The highest BCUT2D eigenvalue weighted by Crippen LogP contribution is 2.16. The molecule has 0 spiro atoms. The SMILES string of the molecule is COc1cccc(NC(=O)NC(C)C#N)c1. The summed E-state index contributed by atoms with van der Waals surface area (Å²) in [5.74, 6) is 0.658. The number of nitrogens with one attached hydrogen (secondary N) is 2. The van der Waals surface area contributed by atoms with Crippen LogP contribution in [0.3, 0.4) is 0 Å². The van der Waals surface area contributed by atoms with Crippen molar-refractivity contribution in [1.82, 2.24) is 5.32 Å². The van der Waals surface area contributed by atoms with Crippen LogP contribution in [0.5, 0.6) is 5.75 Å². The first-order valence-corrected chi connectivity index (χ1v) is 4.77. The monoisotopic (exact) mass is 219 g/mol. The maximum atomic E-state index is 11.4. The largest absolute Gasteiger partial charge is 0.497 e. The molecule has 0 aromatic heterocycles. The fourth-order valence-corrected chi connectivity index (χ4v) is 1.10. The van der Waals surface area contributed by atoms with Crippen molar-refractivity contribution in [3.05, 3.63) is 24.3 Å². The van der Waals surface area contributed by atoms with Gasteiger partial charge < -0.3 is 15.4 Å². The van der Waals surface area contributed by atoms with Gasteiger partial charge >= 0.3 is 6.03 Å². The van der Waals surface area contributed by atoms with Gasteiger partial charge in [-0.05, 0) is 19.1 Å². The number of amides is 2. The van der Waals surface area contributed by atoms with Crippen molar-refractivity contribution < 1.29 is 9.53 Å². The van der Waals surface area contributed by atoms with E-state index < -0.39 is 12.1 Å². The first-order chi connectivity index (χ1) is 7.65. The molecule has 0 saturated heterocycles. The number of urea groups is 1. The van der Waals surface area contributed by atoms with Crippen molar-refractivity contribution in [3.8, 4) is 11.8 Å². The van der Waals surface area contributed by atoms with E-state index in [0.717, 1.165) is 0 Å². The summed E-state index contributed by atoms with van der Waals surface area (Å²) >= 11 is 0. The molecule has 0 aliphatic carbocycles. The van der Waals surface area contributed by atoms with E-state index in [9.17, 15) is 4.79 Å². The lowest BCUT2D eigenvalue weighted by Crippen LogP contribution is -2.35. The first-order valence-electron chi connectivity index (χ1n) is 4.77. The van der Waals surface area contributed by atoms with Gasteiger partial charge in [-0.1, -0.05) is 6.07 Å². The Morgan fingerprint density at radius 1 is 1.56 bits per heavy atom. The number of benzene rings is 1. The topological polar surface area (TPSA) is 74.2 Å². The van der Waals surface area contributed by atoms with Crippen molar-refractivity contribution in [1.29, 1.82) is 5.26 Å². The molecule has 0 aliphatic heterocycles. The van der Waals surface area contributed by atoms with Gasteiger partial charge in [0.2, 0.25) is 0 Å². The number of rotatable bonds is 3. The van der Waals surface area contributed by atoms with Crippen molar-refractivity contribution in [2.75, 3.05) is 12.4 Å². The normalized spacial score (nSPS) is 11.1. The third-order valence-corrected chi connectivity index (χ3v) is 1.87. The molecule has 0 heterocycles. The smallest absolute Gasteiger partial charge is 0.320 e. The van der Waals surface area contributed by atoms with Gasteiger partial charge in [0, 0.05) is 11.8 Å². The zero-order valence-corrected chi connectivity index (χ0v) is 9.15. The van der Waals surface area contributed by atoms with Crippen LogP contribution in [0.25, 0.3) is 0 Å². The Morgan fingerprint density at radius 3 is 2.94 bits per heavy atom. The molecule has 0 aliphatic rings. The minimum atomic E-state index is -0.523. The number of nitrogens with zero attached hydrogens (tertiary/aromatic N) is 1. The number of hydrogen-bond donors (Lipinski definition) is 2. The third kappa shape index (κ3) is 3.50. The summed E-state index contributed by atoms with van der Waals surface area (Å²) in [6, 6.07) is 7.94. The minimum Gasteiger partial charge on any atom is -0.497 e. The predicted octanol–water partition coefficient (Wildman–Crippen LogP) is 1.73. The Labute approximate surface area is 94.0 Å². The quantitative estimate of drug-likeness (QED) is 0.812. The molecule has 1 aromatic carbocycles. The molecular weight excluding hydrogens is 206 g/mol. The molecule has 0 radical (unpaired) electrons. The van der Waals surface area contributed by atoms with Crippen LogP contribution in [0.4, 0.5) is 10.5 Å². The fourth-order valence-electron chi connectivity index (χ4n) is 1.10. The Bertz CT molecular complexity index is 412. The van der Waals surface area contributed by atoms with E-state index in [2.05, 4.69) is 10.6 Å². The Hall–Kier alpha value is -2.22. The second-order valence-corrected chi connectivity index (χ2v) is 3.18. The molecule has 5 heteroatoms. The van der Waals surface area contributed by atoms with E-state index in [1.165, 1.54) is 0 Å². The number of ether oxygens (including phenoxy) is 1. The van der Waals surface area contributed by atoms with Crippen LogP contribution in [0, 0.1) is 11.3 Å². The van der Waals surface area contributed by atoms with Crippen LogP contribution >= 0.6 is 0 Å². The van der Waals surface area contributed by atoms with E-state index in [4.69, 9.17) is 10.00 Å². The van der Waals surface area contributed by atoms with Crippen LogP contribution in [-0.4, -0.2) is 19.2 Å². The van der Waals surface area contributed by atoms with E-state index in [1.54, 1.807) is 38.3 Å². The zero-order chi connectivity index (χ0) is 12.0. The fraction of sp³-hybridized carbons (Fsp3) is 0.273. The summed E-state index contributed by atoms with van der Waals surface area (Å²) in [5, 5.41) is 13.6. The van der Waals surface area contributed by atoms with E-state index in [0.29, 0.717) is 11.4 Å². The number of methoxy groups -OCH3 is 1. The lowest BCUT2D eigenvalue weighted by Gasteiger charge is -2.09. The van der Waals surface area contributed by atoms with Crippen LogP contribution in [0.15, 0.2) is 24.3 Å². The summed E-state index contributed by atoms with van der Waals surface area (Å²) in [4.78, 5) is 11.4. The van der Waals surface area contributed by atoms with Crippen LogP contribution in [0.1, 0.15) is 6.92 Å². The molecular formula is C11H13N3O2. The minimum absolute atomic E-state index is 0.415. The number of carbonyl (C=O) groups is 1. The third-order valence-electron chi connectivity index (χ3n) is 1.87. The van der Waals surface area contributed by atoms with E-state index in [-0.39, 0.29) is 0 Å². The van der Waals surface area contributed by atoms with Crippen molar-refractivity contribution >= 4 is 11.7 Å². The molecule has 84 valence electrons. The standard InChI is InChI=1S/C11H13N3O2/c1-8(7-12)13-11(15)14-9-4-3-5-10(6-9)16-2/h3-6,8H,1-2H3,(H2,13,14,15).